The molecule has 0 atom stereocenters. The topological polar surface area (TPSA) is 41.5 Å². The summed E-state index contributed by atoms with van der Waals surface area (Å²) >= 11 is 0. The Kier molecular flexibility index (Phi) is 10.7. The van der Waals surface area contributed by atoms with Crippen LogP contribution in [0.1, 0.15) is 37.5 Å². The normalized spacial score (nSPS) is 11.0. The molecular weight excluding hydrogens is 394 g/mol. The molecule has 0 radical (unpaired) electrons. The first-order chi connectivity index (χ1) is 13.7. The van der Waals surface area contributed by atoms with E-state index in [2.05, 4.69) is 48.6 Å². The quantitative estimate of drug-likeness (QED) is 0.323. The molecule has 0 aliphatic rings. The van der Waals surface area contributed by atoms with Crippen LogP contribution >= 0.6 is 12.4 Å². The fourth-order valence-electron chi connectivity index (χ4n) is 3.30. The summed E-state index contributed by atoms with van der Waals surface area (Å²) in [4.78, 5) is 0. The first-order valence-electron chi connectivity index (χ1n) is 9.68. The van der Waals surface area contributed by atoms with Crippen LogP contribution in [0.4, 0.5) is 0 Å². The molecule has 0 aliphatic carbocycles. The zero-order chi connectivity index (χ0) is 19.8. The third-order valence-electron chi connectivity index (χ3n) is 4.70. The fourth-order valence-corrected chi connectivity index (χ4v) is 3.30. The highest BCUT2D eigenvalue weighted by Crippen LogP contribution is 2.35. The smallest absolute Gasteiger partial charge is 0.119 e. The maximum atomic E-state index is 9.72. The third-order valence-corrected chi connectivity index (χ3v) is 4.70. The number of benzene rings is 3. The average Bonchev–Trinajstić information content (AvgIpc) is 2.74. The number of phenolic OH excluding ortho intramolecular Hbond substituents is 1. The lowest BCUT2D eigenvalue weighted by Gasteiger charge is -2.17. The van der Waals surface area contributed by atoms with Crippen molar-refractivity contribution in [2.24, 2.45) is 0 Å². The molecule has 3 aromatic rings. The van der Waals surface area contributed by atoms with E-state index in [-0.39, 0.29) is 25.6 Å². The van der Waals surface area contributed by atoms with Gasteiger partial charge in [0.05, 0.1) is 0 Å². The Morgan fingerprint density at radius 3 is 1.93 bits per heavy atom. The molecule has 3 rings (SSSR count). The van der Waals surface area contributed by atoms with Crippen LogP contribution in [0.25, 0.3) is 11.1 Å². The Bertz CT molecular complexity index is 904. The van der Waals surface area contributed by atoms with Crippen LogP contribution in [0.2, 0.25) is 0 Å². The molecule has 0 saturated carbocycles. The molecule has 0 aromatic heterocycles. The maximum Gasteiger partial charge on any atom is 0.119 e. The molecule has 0 heterocycles. The minimum Gasteiger partial charge on any atom is -0.508 e. The number of ether oxygens (including phenoxy) is 1. The van der Waals surface area contributed by atoms with Gasteiger partial charge < -0.3 is 15.2 Å². The predicted octanol–water partition coefficient (Wildman–Crippen LogP) is 6.42. The fraction of sp³-hybridized carbons (Fsp3) is 0.231. The molecule has 0 amide bonds. The van der Waals surface area contributed by atoms with Gasteiger partial charge in [-0.3, -0.25) is 0 Å². The Labute approximate surface area is 186 Å². The molecule has 30 heavy (non-hydrogen) atoms. The zero-order valence-electron chi connectivity index (χ0n) is 16.9. The van der Waals surface area contributed by atoms with Crippen LogP contribution in [0.5, 0.6) is 11.5 Å². The standard InChI is InChI=1S/C25H27NO2.CH4.ClH/c1-3-24(19-7-5-4-6-8-19)25(20-9-13-22(27)14-10-20)21-11-15-23(16-12-21)28-18-17-26-2;;/h4-16,26-27H,3,17-18H2,1-2H3;1H4;1H/b25-24-;;. The second-order valence-electron chi connectivity index (χ2n) is 6.60. The summed E-state index contributed by atoms with van der Waals surface area (Å²) in [5.74, 6) is 1.14. The number of allylic oxidation sites excluding steroid dienone is 1. The van der Waals surface area contributed by atoms with Gasteiger partial charge in [-0.2, -0.15) is 0 Å². The highest BCUT2D eigenvalue weighted by Gasteiger charge is 2.13. The molecule has 3 nitrogen and oxygen atoms in total. The number of hydrogen-bond acceptors (Lipinski definition) is 3. The van der Waals surface area contributed by atoms with Crippen molar-refractivity contribution in [3.63, 3.8) is 0 Å². The van der Waals surface area contributed by atoms with E-state index >= 15 is 0 Å². The first kappa shape index (κ1) is 25.3. The Morgan fingerprint density at radius 1 is 0.833 bits per heavy atom. The Balaban J connectivity index is 0.00000225. The average molecular weight is 426 g/mol. The summed E-state index contributed by atoms with van der Waals surface area (Å²) in [6.07, 6.45) is 0.903. The summed E-state index contributed by atoms with van der Waals surface area (Å²) in [5, 5.41) is 12.8. The molecule has 0 unspecified atom stereocenters. The molecule has 4 heteroatoms. The van der Waals surface area contributed by atoms with E-state index < -0.39 is 0 Å². The van der Waals surface area contributed by atoms with Gasteiger partial charge in [0.2, 0.25) is 0 Å². The number of hydrogen-bond donors (Lipinski definition) is 2. The molecule has 0 saturated heterocycles. The van der Waals surface area contributed by atoms with E-state index in [9.17, 15) is 5.11 Å². The van der Waals surface area contributed by atoms with Crippen molar-refractivity contribution in [2.75, 3.05) is 20.2 Å². The monoisotopic (exact) mass is 425 g/mol. The largest absolute Gasteiger partial charge is 0.508 e. The molecule has 3 aromatic carbocycles. The van der Waals surface area contributed by atoms with Crippen LogP contribution in [0.3, 0.4) is 0 Å². The molecule has 0 spiro atoms. The number of aromatic hydroxyl groups is 1. The second-order valence-corrected chi connectivity index (χ2v) is 6.60. The van der Waals surface area contributed by atoms with Crippen molar-refractivity contribution in [2.45, 2.75) is 20.8 Å². The van der Waals surface area contributed by atoms with Crippen LogP contribution < -0.4 is 10.1 Å². The minimum absolute atomic E-state index is 0. The van der Waals surface area contributed by atoms with Gasteiger partial charge in [-0.25, -0.2) is 0 Å². The lowest BCUT2D eigenvalue weighted by Crippen LogP contribution is -2.15. The number of nitrogens with one attached hydrogen (secondary N) is 1. The van der Waals surface area contributed by atoms with Gasteiger partial charge in [0.25, 0.3) is 0 Å². The van der Waals surface area contributed by atoms with E-state index in [4.69, 9.17) is 4.74 Å². The van der Waals surface area contributed by atoms with Crippen molar-refractivity contribution in [1.82, 2.24) is 5.32 Å². The van der Waals surface area contributed by atoms with E-state index in [1.165, 1.54) is 16.7 Å². The van der Waals surface area contributed by atoms with Crippen molar-refractivity contribution < 1.29 is 9.84 Å². The second kappa shape index (κ2) is 12.7. The number of phenols is 1. The van der Waals surface area contributed by atoms with Crippen LogP contribution in [-0.4, -0.2) is 25.3 Å². The van der Waals surface area contributed by atoms with Crippen molar-refractivity contribution in [3.05, 3.63) is 95.6 Å². The molecular formula is C26H32ClNO2. The van der Waals surface area contributed by atoms with Crippen molar-refractivity contribution in [3.8, 4) is 11.5 Å². The summed E-state index contributed by atoms with van der Waals surface area (Å²) in [7, 11) is 1.91. The first-order valence-corrected chi connectivity index (χ1v) is 9.68. The SMILES string of the molecule is C.CC/C(=C(\c1ccc(O)cc1)c1ccc(OCCNC)cc1)c1ccccc1.Cl. The van der Waals surface area contributed by atoms with Crippen LogP contribution in [-0.2, 0) is 0 Å². The van der Waals surface area contributed by atoms with Gasteiger partial charge in [-0.1, -0.05) is 68.9 Å². The number of likely N-dealkylation sites (N-methyl/N-ethyl adjacent to an activating group) is 1. The van der Waals surface area contributed by atoms with Gasteiger partial charge in [-0.05, 0) is 65.6 Å². The Morgan fingerprint density at radius 2 is 1.40 bits per heavy atom. The lowest BCUT2D eigenvalue weighted by molar-refractivity contribution is 0.318. The van der Waals surface area contributed by atoms with E-state index in [1.807, 2.05) is 37.4 Å². The highest BCUT2D eigenvalue weighted by atomic mass is 35.5. The molecule has 0 fully saturated rings. The van der Waals surface area contributed by atoms with Crippen LogP contribution in [0, 0.1) is 0 Å². The number of rotatable bonds is 8. The Hall–Kier alpha value is -2.75. The molecule has 160 valence electrons. The maximum absolute atomic E-state index is 9.72. The highest BCUT2D eigenvalue weighted by molar-refractivity contribution is 5.98. The third kappa shape index (κ3) is 6.38. The van der Waals surface area contributed by atoms with E-state index in [0.29, 0.717) is 6.61 Å². The van der Waals surface area contributed by atoms with Gasteiger partial charge in [0, 0.05) is 6.54 Å². The van der Waals surface area contributed by atoms with Gasteiger partial charge in [0.1, 0.15) is 18.1 Å². The summed E-state index contributed by atoms with van der Waals surface area (Å²) in [6.45, 7) is 3.63. The summed E-state index contributed by atoms with van der Waals surface area (Å²) < 4.78 is 5.76. The summed E-state index contributed by atoms with van der Waals surface area (Å²) in [6, 6.07) is 26.1. The van der Waals surface area contributed by atoms with Crippen molar-refractivity contribution in [1.29, 1.82) is 0 Å². The predicted molar refractivity (Wildman–Crippen MR) is 131 cm³/mol. The molecule has 2 N–H and O–H groups in total. The van der Waals surface area contributed by atoms with Gasteiger partial charge >= 0.3 is 0 Å². The zero-order valence-corrected chi connectivity index (χ0v) is 17.7. The van der Waals surface area contributed by atoms with Gasteiger partial charge in [0.15, 0.2) is 0 Å². The van der Waals surface area contributed by atoms with Crippen molar-refractivity contribution >= 4 is 23.6 Å². The van der Waals surface area contributed by atoms with Crippen LogP contribution in [0.15, 0.2) is 78.9 Å². The number of halogens is 1. The minimum atomic E-state index is 0. The molecule has 0 aliphatic heterocycles. The lowest BCUT2D eigenvalue weighted by atomic mass is 9.88. The van der Waals surface area contributed by atoms with E-state index in [0.717, 1.165) is 29.8 Å². The van der Waals surface area contributed by atoms with E-state index in [1.54, 1.807) is 12.1 Å². The van der Waals surface area contributed by atoms with Gasteiger partial charge in [-0.15, -0.1) is 12.4 Å². The molecule has 0 bridgehead atoms. The summed E-state index contributed by atoms with van der Waals surface area (Å²) in [5.41, 5.74) is 5.88.